The van der Waals surface area contributed by atoms with Gasteiger partial charge in [-0.1, -0.05) is 176 Å². The van der Waals surface area contributed by atoms with Gasteiger partial charge in [0.05, 0.1) is 22.1 Å². The van der Waals surface area contributed by atoms with E-state index in [0.29, 0.717) is 0 Å². The highest BCUT2D eigenvalue weighted by Gasteiger charge is 2.22. The SMILES string of the molecule is c1ccc(-c2cc(-c3cccc(-n4c5ccccc5c5c(-c6cccc7oc8ccccc8c67)cccc54)c3)cc(-c3cccc(-n4c5ccccc5c5c(-c6cccc7oc8ccccc8c67)cccc54)c3)c2)cc1. The minimum Gasteiger partial charge on any atom is -0.456 e. The summed E-state index contributed by atoms with van der Waals surface area (Å²) in [5.41, 5.74) is 22.0. The Hall–Kier alpha value is -10.2. The normalized spacial score (nSPS) is 11.9. The number of fused-ring (bicyclic) bond motifs is 12. The van der Waals surface area contributed by atoms with Gasteiger partial charge in [0.15, 0.2) is 0 Å². The number of hydrogen-bond donors (Lipinski definition) is 0. The van der Waals surface area contributed by atoms with Crippen LogP contribution in [-0.2, 0) is 0 Å². The minimum absolute atomic E-state index is 0.894. The van der Waals surface area contributed by atoms with Crippen LogP contribution < -0.4 is 0 Å². The van der Waals surface area contributed by atoms with E-state index in [4.69, 9.17) is 8.83 Å². The van der Waals surface area contributed by atoms with Crippen LogP contribution in [0.1, 0.15) is 0 Å². The van der Waals surface area contributed by atoms with Gasteiger partial charge in [0.2, 0.25) is 0 Å². The molecule has 16 aromatic rings. The predicted octanol–water partition coefficient (Wildman–Crippen LogP) is 20.0. The van der Waals surface area contributed by atoms with Crippen molar-refractivity contribution in [2.24, 2.45) is 0 Å². The van der Waals surface area contributed by atoms with Crippen molar-refractivity contribution in [3.05, 3.63) is 267 Å². The molecule has 0 aliphatic rings. The summed E-state index contributed by atoms with van der Waals surface area (Å²) in [4.78, 5) is 0. The van der Waals surface area contributed by atoms with Gasteiger partial charge in [-0.2, -0.15) is 0 Å². The highest BCUT2D eigenvalue weighted by molar-refractivity contribution is 6.22. The van der Waals surface area contributed by atoms with Crippen molar-refractivity contribution in [1.29, 1.82) is 0 Å². The summed E-state index contributed by atoms with van der Waals surface area (Å²) in [5, 5.41) is 9.39. The molecule has 4 heteroatoms. The second-order valence-electron chi connectivity index (χ2n) is 19.9. The molecule has 0 atom stereocenters. The smallest absolute Gasteiger partial charge is 0.136 e. The topological polar surface area (TPSA) is 36.1 Å². The van der Waals surface area contributed by atoms with Gasteiger partial charge in [-0.3, -0.25) is 0 Å². The van der Waals surface area contributed by atoms with Gasteiger partial charge >= 0.3 is 0 Å². The van der Waals surface area contributed by atoms with E-state index in [0.717, 1.165) is 105 Å². The lowest BCUT2D eigenvalue weighted by Gasteiger charge is -2.15. The van der Waals surface area contributed by atoms with Crippen LogP contribution in [0, 0.1) is 0 Å². The molecular formula is C72H44N2O2. The quantitative estimate of drug-likeness (QED) is 0.160. The molecule has 0 fully saturated rings. The van der Waals surface area contributed by atoms with Crippen LogP contribution in [0.5, 0.6) is 0 Å². The van der Waals surface area contributed by atoms with Crippen molar-refractivity contribution in [2.75, 3.05) is 0 Å². The standard InChI is InChI=1S/C72H44N2O2/c1-2-18-45(19-3-1)48-40-49(46-20-12-22-51(43-46)73-61-32-8-4-24-57(61)69-53(28-14-34-63(69)73)55-30-16-38-67-71(55)59-26-6-10-36-65(59)75-67)42-50(41-48)47-21-13-23-52(44-47)74-62-33-9-5-25-58(62)70-54(29-15-35-64(70)74)56-31-17-39-68-72(56)60-27-7-11-37-66(60)76-68/h1-44H. The van der Waals surface area contributed by atoms with Gasteiger partial charge in [-0.25, -0.2) is 0 Å². The Kier molecular flexibility index (Phi) is 9.30. The second-order valence-corrected chi connectivity index (χ2v) is 19.9. The van der Waals surface area contributed by atoms with Crippen LogP contribution in [0.2, 0.25) is 0 Å². The molecule has 0 saturated heterocycles. The third kappa shape index (κ3) is 6.44. The molecule has 0 radical (unpaired) electrons. The summed E-state index contributed by atoms with van der Waals surface area (Å²) in [6.07, 6.45) is 0. The zero-order chi connectivity index (χ0) is 49.8. The average Bonchev–Trinajstić information content (AvgIpc) is 4.31. The molecular weight excluding hydrogens is 925 g/mol. The molecule has 76 heavy (non-hydrogen) atoms. The highest BCUT2D eigenvalue weighted by atomic mass is 16.3. The fourth-order valence-corrected chi connectivity index (χ4v) is 12.4. The first-order valence-electron chi connectivity index (χ1n) is 26.0. The molecule has 12 aromatic carbocycles. The van der Waals surface area contributed by atoms with Crippen LogP contribution in [-0.4, -0.2) is 9.13 Å². The van der Waals surface area contributed by atoms with Crippen molar-refractivity contribution >= 4 is 87.5 Å². The summed E-state index contributed by atoms with van der Waals surface area (Å²) in [5.74, 6) is 0. The summed E-state index contributed by atoms with van der Waals surface area (Å²) in [6, 6.07) is 96.6. The lowest BCUT2D eigenvalue weighted by molar-refractivity contribution is 0.668. The maximum atomic E-state index is 6.40. The molecule has 4 nitrogen and oxygen atoms in total. The van der Waals surface area contributed by atoms with Crippen LogP contribution >= 0.6 is 0 Å². The number of nitrogens with zero attached hydrogens (tertiary/aromatic N) is 2. The van der Waals surface area contributed by atoms with Crippen molar-refractivity contribution in [3.8, 4) is 67.0 Å². The van der Waals surface area contributed by atoms with E-state index < -0.39 is 0 Å². The third-order valence-electron chi connectivity index (χ3n) is 15.7. The molecule has 0 aliphatic carbocycles. The number of furan rings is 2. The van der Waals surface area contributed by atoms with E-state index in [1.807, 2.05) is 12.1 Å². The lowest BCUT2D eigenvalue weighted by Crippen LogP contribution is -1.95. The molecule has 0 saturated carbocycles. The Balaban J connectivity index is 0.852. The van der Waals surface area contributed by atoms with Gasteiger partial charge in [0.25, 0.3) is 0 Å². The maximum Gasteiger partial charge on any atom is 0.136 e. The maximum absolute atomic E-state index is 6.40. The van der Waals surface area contributed by atoms with E-state index in [1.165, 1.54) is 49.4 Å². The monoisotopic (exact) mass is 968 g/mol. The summed E-state index contributed by atoms with van der Waals surface area (Å²) in [6.45, 7) is 0. The van der Waals surface area contributed by atoms with Crippen molar-refractivity contribution in [3.63, 3.8) is 0 Å². The molecule has 0 N–H and O–H groups in total. The van der Waals surface area contributed by atoms with Gasteiger partial charge in [-0.15, -0.1) is 0 Å². The van der Waals surface area contributed by atoms with E-state index >= 15 is 0 Å². The summed E-state index contributed by atoms with van der Waals surface area (Å²) >= 11 is 0. The molecule has 0 bridgehead atoms. The predicted molar refractivity (Wildman–Crippen MR) is 317 cm³/mol. The van der Waals surface area contributed by atoms with Gasteiger partial charge in [0.1, 0.15) is 22.3 Å². The van der Waals surface area contributed by atoms with Crippen molar-refractivity contribution < 1.29 is 8.83 Å². The van der Waals surface area contributed by atoms with E-state index in [9.17, 15) is 0 Å². The molecule has 0 unspecified atom stereocenters. The fourth-order valence-electron chi connectivity index (χ4n) is 12.4. The number of benzene rings is 12. The molecule has 16 rings (SSSR count). The number of aromatic nitrogens is 2. The van der Waals surface area contributed by atoms with Gasteiger partial charge < -0.3 is 18.0 Å². The van der Waals surface area contributed by atoms with Crippen LogP contribution in [0.4, 0.5) is 0 Å². The Morgan fingerprint density at radius 2 is 0.553 bits per heavy atom. The molecule has 0 spiro atoms. The Bertz CT molecular complexity index is 4710. The molecule has 0 aliphatic heterocycles. The summed E-state index contributed by atoms with van der Waals surface area (Å²) < 4.78 is 17.7. The molecule has 354 valence electrons. The number of hydrogen-bond acceptors (Lipinski definition) is 2. The van der Waals surface area contributed by atoms with Gasteiger partial charge in [-0.05, 0) is 147 Å². The first-order chi connectivity index (χ1) is 37.7. The molecule has 0 amide bonds. The number of rotatable bonds is 7. The van der Waals surface area contributed by atoms with Crippen molar-refractivity contribution in [1.82, 2.24) is 9.13 Å². The Labute approximate surface area is 437 Å². The Morgan fingerprint density at radius 1 is 0.211 bits per heavy atom. The second kappa shape index (κ2) is 16.7. The minimum atomic E-state index is 0.894. The lowest BCUT2D eigenvalue weighted by atomic mass is 9.93. The fraction of sp³-hybridized carbons (Fsp3) is 0. The first kappa shape index (κ1) is 42.4. The van der Waals surface area contributed by atoms with Crippen LogP contribution in [0.15, 0.2) is 276 Å². The largest absolute Gasteiger partial charge is 0.456 e. The highest BCUT2D eigenvalue weighted by Crippen LogP contribution is 2.46. The van der Waals surface area contributed by atoms with E-state index in [-0.39, 0.29) is 0 Å². The zero-order valence-electron chi connectivity index (χ0n) is 41.1. The van der Waals surface area contributed by atoms with Crippen LogP contribution in [0.3, 0.4) is 0 Å². The van der Waals surface area contributed by atoms with E-state index in [2.05, 4.69) is 264 Å². The van der Waals surface area contributed by atoms with E-state index in [1.54, 1.807) is 0 Å². The number of para-hydroxylation sites is 4. The first-order valence-corrected chi connectivity index (χ1v) is 26.0. The molecule has 4 heterocycles. The van der Waals surface area contributed by atoms with Crippen LogP contribution in [0.25, 0.3) is 154 Å². The van der Waals surface area contributed by atoms with Gasteiger partial charge in [0, 0.05) is 54.5 Å². The third-order valence-corrected chi connectivity index (χ3v) is 15.7. The Morgan fingerprint density at radius 3 is 1.04 bits per heavy atom. The molecule has 4 aromatic heterocycles. The summed E-state index contributed by atoms with van der Waals surface area (Å²) in [7, 11) is 0. The van der Waals surface area contributed by atoms with Crippen molar-refractivity contribution in [2.45, 2.75) is 0 Å². The average molecular weight is 969 g/mol. The zero-order valence-corrected chi connectivity index (χ0v) is 41.1.